The zero-order valence-corrected chi connectivity index (χ0v) is 17.3. The number of nitrogens with zero attached hydrogens (tertiary/aromatic N) is 1. The minimum absolute atomic E-state index is 0.118. The van der Waals surface area contributed by atoms with Gasteiger partial charge in [0.1, 0.15) is 5.82 Å². The predicted octanol–water partition coefficient (Wildman–Crippen LogP) is 2.92. The fraction of sp³-hybridized carbons (Fsp3) is 0.682. The van der Waals surface area contributed by atoms with Crippen molar-refractivity contribution in [1.82, 2.24) is 9.62 Å². The van der Waals surface area contributed by atoms with Crippen molar-refractivity contribution in [3.05, 3.63) is 30.1 Å². The minimum atomic E-state index is -3.59. The maximum absolute atomic E-state index is 13.1. The molecule has 0 bridgehead atoms. The lowest BCUT2D eigenvalue weighted by molar-refractivity contribution is -0.394. The summed E-state index contributed by atoms with van der Waals surface area (Å²) in [5.74, 6) is 2.57. The van der Waals surface area contributed by atoms with Crippen LogP contribution >= 0.6 is 0 Å². The third kappa shape index (κ3) is 2.23. The Kier molecular flexibility index (Phi) is 3.67. The van der Waals surface area contributed by atoms with Crippen molar-refractivity contribution in [2.24, 2.45) is 29.1 Å². The molecule has 6 rings (SSSR count). The van der Waals surface area contributed by atoms with Gasteiger partial charge in [-0.05, 0) is 86.5 Å². The molecule has 1 spiro atoms. The zero-order chi connectivity index (χ0) is 20.0. The Morgan fingerprint density at radius 2 is 1.69 bits per heavy atom. The summed E-state index contributed by atoms with van der Waals surface area (Å²) in [6.45, 7) is 0.831. The van der Waals surface area contributed by atoms with E-state index in [-0.39, 0.29) is 22.3 Å². The molecule has 156 valence electrons. The van der Waals surface area contributed by atoms with Crippen LogP contribution in [0.5, 0.6) is 0 Å². The Labute approximate surface area is 171 Å². The highest BCUT2D eigenvalue weighted by Crippen LogP contribution is 2.89. The van der Waals surface area contributed by atoms with Crippen molar-refractivity contribution in [2.45, 2.75) is 55.4 Å². The molecule has 29 heavy (non-hydrogen) atoms. The summed E-state index contributed by atoms with van der Waals surface area (Å²) in [5.41, 5.74) is 0.614. The lowest BCUT2D eigenvalue weighted by Crippen LogP contribution is -2.92. The van der Waals surface area contributed by atoms with E-state index in [1.807, 2.05) is 0 Å². The second kappa shape index (κ2) is 5.82. The number of carbonyl (C=O) groups excluding carboxylic acids is 1. The van der Waals surface area contributed by atoms with Crippen LogP contribution in [0.2, 0.25) is 0 Å². The van der Waals surface area contributed by atoms with Gasteiger partial charge in [0, 0.05) is 30.5 Å². The fourth-order valence-corrected chi connectivity index (χ4v) is 9.30. The van der Waals surface area contributed by atoms with E-state index in [1.54, 1.807) is 0 Å². The van der Waals surface area contributed by atoms with E-state index in [0.717, 1.165) is 17.8 Å². The van der Waals surface area contributed by atoms with Gasteiger partial charge in [0.15, 0.2) is 0 Å². The standard InChI is InChI=1S/C22H27FN2O3S/c23-18-1-3-19(4-2-18)29(27,28)25-7-5-14(6-8-25)9-20(26)24-21-12-16-10-15-11-17(13-21)22(15,16)21/h1-4,14-17H,5-13H2,(H,24,26). The van der Waals surface area contributed by atoms with Crippen LogP contribution < -0.4 is 5.32 Å². The van der Waals surface area contributed by atoms with Gasteiger partial charge in [-0.2, -0.15) is 4.31 Å². The molecule has 1 saturated heterocycles. The van der Waals surface area contributed by atoms with Crippen LogP contribution in [0.1, 0.15) is 44.9 Å². The highest BCUT2D eigenvalue weighted by molar-refractivity contribution is 7.89. The quantitative estimate of drug-likeness (QED) is 0.800. The second-order valence-electron chi connectivity index (χ2n) is 10.0. The number of nitrogens with one attached hydrogen (secondary N) is 1. The van der Waals surface area contributed by atoms with E-state index in [1.165, 1.54) is 54.3 Å². The first kappa shape index (κ1) is 18.3. The Hall–Kier alpha value is -1.47. The first-order valence-electron chi connectivity index (χ1n) is 10.9. The van der Waals surface area contributed by atoms with Crippen LogP contribution in [0.25, 0.3) is 0 Å². The summed E-state index contributed by atoms with van der Waals surface area (Å²) in [7, 11) is -3.59. The summed E-state index contributed by atoms with van der Waals surface area (Å²) in [6, 6.07) is 4.98. The molecule has 4 aliphatic carbocycles. The maximum atomic E-state index is 13.1. The number of carbonyl (C=O) groups is 1. The molecular weight excluding hydrogens is 391 g/mol. The SMILES string of the molecule is O=C(CC1CCN(S(=O)(=O)c2ccc(F)cc2)CC1)NC12CC3CC4CC(C1)C432. The van der Waals surface area contributed by atoms with Crippen LogP contribution in [0.4, 0.5) is 4.39 Å². The molecule has 1 amide bonds. The monoisotopic (exact) mass is 418 g/mol. The van der Waals surface area contributed by atoms with Gasteiger partial charge in [0.25, 0.3) is 0 Å². The molecule has 0 radical (unpaired) electrons. The van der Waals surface area contributed by atoms with Crippen LogP contribution in [0.3, 0.4) is 0 Å². The van der Waals surface area contributed by atoms with E-state index < -0.39 is 15.8 Å². The van der Waals surface area contributed by atoms with E-state index in [0.29, 0.717) is 37.8 Å². The van der Waals surface area contributed by atoms with Crippen LogP contribution in [-0.4, -0.2) is 37.3 Å². The van der Waals surface area contributed by atoms with Crippen LogP contribution in [-0.2, 0) is 14.8 Å². The van der Waals surface area contributed by atoms with Gasteiger partial charge in [-0.3, -0.25) is 4.79 Å². The van der Waals surface area contributed by atoms with E-state index in [2.05, 4.69) is 5.32 Å². The van der Waals surface area contributed by atoms with Crippen molar-refractivity contribution in [3.8, 4) is 0 Å². The molecule has 4 saturated carbocycles. The maximum Gasteiger partial charge on any atom is 0.243 e. The summed E-state index contributed by atoms with van der Waals surface area (Å²) in [5, 5.41) is 3.43. The molecule has 1 aromatic carbocycles. The highest BCUT2D eigenvalue weighted by atomic mass is 32.2. The second-order valence-corrected chi connectivity index (χ2v) is 12.0. The third-order valence-corrected chi connectivity index (χ3v) is 11.0. The van der Waals surface area contributed by atoms with E-state index in [4.69, 9.17) is 0 Å². The fourth-order valence-electron chi connectivity index (χ4n) is 7.83. The number of benzene rings is 1. The van der Waals surface area contributed by atoms with Crippen molar-refractivity contribution >= 4 is 15.9 Å². The topological polar surface area (TPSA) is 66.5 Å². The number of hydrogen-bond acceptors (Lipinski definition) is 3. The summed E-state index contributed by atoms with van der Waals surface area (Å²) < 4.78 is 40.0. The highest BCUT2D eigenvalue weighted by Gasteiger charge is 2.88. The normalized spacial score (nSPS) is 40.4. The van der Waals surface area contributed by atoms with Gasteiger partial charge in [0.05, 0.1) is 4.90 Å². The molecule has 2 atom stereocenters. The summed E-state index contributed by atoms with van der Waals surface area (Å²) in [6.07, 6.45) is 7.02. The molecule has 7 heteroatoms. The number of amides is 1. The number of halogens is 1. The molecule has 5 nitrogen and oxygen atoms in total. The molecule has 2 unspecified atom stereocenters. The molecule has 1 aliphatic heterocycles. The van der Waals surface area contributed by atoms with E-state index >= 15 is 0 Å². The minimum Gasteiger partial charge on any atom is -0.350 e. The lowest BCUT2D eigenvalue weighted by atomic mass is 9.15. The molecule has 1 N–H and O–H groups in total. The van der Waals surface area contributed by atoms with Crippen molar-refractivity contribution in [1.29, 1.82) is 0 Å². The molecule has 1 heterocycles. The lowest BCUT2D eigenvalue weighted by Gasteiger charge is -2.91. The van der Waals surface area contributed by atoms with E-state index in [9.17, 15) is 17.6 Å². The zero-order valence-electron chi connectivity index (χ0n) is 16.4. The first-order chi connectivity index (χ1) is 13.8. The Morgan fingerprint density at radius 1 is 1.07 bits per heavy atom. The van der Waals surface area contributed by atoms with Gasteiger partial charge >= 0.3 is 0 Å². The predicted molar refractivity (Wildman–Crippen MR) is 105 cm³/mol. The van der Waals surface area contributed by atoms with Crippen molar-refractivity contribution in [2.75, 3.05) is 13.1 Å². The molecule has 1 aromatic rings. The van der Waals surface area contributed by atoms with Gasteiger partial charge < -0.3 is 5.32 Å². The smallest absolute Gasteiger partial charge is 0.243 e. The number of hydrogen-bond donors (Lipinski definition) is 1. The third-order valence-electron chi connectivity index (χ3n) is 9.06. The van der Waals surface area contributed by atoms with Crippen molar-refractivity contribution < 1.29 is 17.6 Å². The molecule has 5 fully saturated rings. The van der Waals surface area contributed by atoms with Gasteiger partial charge in [0.2, 0.25) is 15.9 Å². The largest absolute Gasteiger partial charge is 0.350 e. The summed E-state index contributed by atoms with van der Waals surface area (Å²) in [4.78, 5) is 12.9. The number of piperidine rings is 1. The van der Waals surface area contributed by atoms with Crippen LogP contribution in [0, 0.1) is 34.9 Å². The molecule has 5 aliphatic rings. The number of rotatable bonds is 5. The first-order valence-corrected chi connectivity index (χ1v) is 12.4. The summed E-state index contributed by atoms with van der Waals surface area (Å²) >= 11 is 0. The average molecular weight is 419 g/mol. The van der Waals surface area contributed by atoms with Gasteiger partial charge in [-0.15, -0.1) is 0 Å². The average Bonchev–Trinajstić information content (AvgIpc) is 2.63. The van der Waals surface area contributed by atoms with Gasteiger partial charge in [-0.25, -0.2) is 12.8 Å². The van der Waals surface area contributed by atoms with Crippen LogP contribution in [0.15, 0.2) is 29.2 Å². The number of sulfonamides is 1. The Bertz CT molecular complexity index is 943. The van der Waals surface area contributed by atoms with Gasteiger partial charge in [-0.1, -0.05) is 0 Å². The van der Waals surface area contributed by atoms with Crippen molar-refractivity contribution in [3.63, 3.8) is 0 Å². The Balaban J connectivity index is 1.04. The molecular formula is C22H27FN2O3S. The molecule has 0 aromatic heterocycles. The Morgan fingerprint density at radius 3 is 2.24 bits per heavy atom.